The number of fused-ring (bicyclic) bond motifs is 3. The summed E-state index contributed by atoms with van der Waals surface area (Å²) in [5.74, 6) is -7.37. The summed E-state index contributed by atoms with van der Waals surface area (Å²) in [6.07, 6.45) is 2.83. The number of methoxy groups -OCH3 is 3. The highest BCUT2D eigenvalue weighted by Crippen LogP contribution is 2.39. The lowest BCUT2D eigenvalue weighted by atomic mass is 9.82. The Morgan fingerprint density at radius 2 is 1.70 bits per heavy atom. The van der Waals surface area contributed by atoms with Crippen molar-refractivity contribution in [3.63, 3.8) is 0 Å². The molecule has 11 unspecified atom stereocenters. The average molecular weight is 708 g/mol. The zero-order valence-corrected chi connectivity index (χ0v) is 31.5. The van der Waals surface area contributed by atoms with E-state index in [4.69, 9.17) is 23.7 Å². The summed E-state index contributed by atoms with van der Waals surface area (Å²) in [7, 11) is 4.59. The number of rotatable bonds is 6. The topological polar surface area (TPSA) is 158 Å². The van der Waals surface area contributed by atoms with Gasteiger partial charge in [-0.2, -0.15) is 0 Å². The van der Waals surface area contributed by atoms with Gasteiger partial charge in [0.25, 0.3) is 11.7 Å². The van der Waals surface area contributed by atoms with Crippen molar-refractivity contribution >= 4 is 23.4 Å². The van der Waals surface area contributed by atoms with Crippen molar-refractivity contribution in [2.24, 2.45) is 23.7 Å². The van der Waals surface area contributed by atoms with Gasteiger partial charge >= 0.3 is 5.97 Å². The summed E-state index contributed by atoms with van der Waals surface area (Å²) in [6.45, 7) is 11.4. The number of esters is 1. The fourth-order valence-corrected chi connectivity index (χ4v) is 7.71. The van der Waals surface area contributed by atoms with Crippen molar-refractivity contribution in [2.45, 2.75) is 135 Å². The van der Waals surface area contributed by atoms with Crippen LogP contribution in [0.5, 0.6) is 0 Å². The number of hydrogen-bond acceptors (Lipinski definition) is 11. The van der Waals surface area contributed by atoms with E-state index in [1.54, 1.807) is 26.8 Å². The first-order chi connectivity index (χ1) is 23.6. The second-order valence-corrected chi connectivity index (χ2v) is 14.7. The monoisotopic (exact) mass is 707 g/mol. The molecule has 3 heterocycles. The predicted octanol–water partition coefficient (Wildman–Crippen LogP) is 3.94. The quantitative estimate of drug-likeness (QED) is 0.234. The molecule has 284 valence electrons. The lowest BCUT2D eigenvalue weighted by Crippen LogP contribution is -2.64. The predicted molar refractivity (Wildman–Crippen MR) is 186 cm³/mol. The van der Waals surface area contributed by atoms with Crippen LogP contribution in [0.25, 0.3) is 0 Å². The third-order valence-corrected chi connectivity index (χ3v) is 10.9. The number of ketones is 2. The van der Waals surface area contributed by atoms with E-state index >= 15 is 0 Å². The van der Waals surface area contributed by atoms with Gasteiger partial charge in [-0.25, -0.2) is 4.79 Å². The minimum Gasteiger partial charge on any atom is -0.456 e. The molecule has 3 aliphatic rings. The third-order valence-electron chi connectivity index (χ3n) is 10.9. The largest absolute Gasteiger partial charge is 0.456 e. The number of carbonyl (C=O) groups is 4. The second kappa shape index (κ2) is 18.8. The molecule has 2 N–H and O–H groups in total. The number of amides is 1. The summed E-state index contributed by atoms with van der Waals surface area (Å²) in [5, 5.41) is 23.3. The summed E-state index contributed by atoms with van der Waals surface area (Å²) >= 11 is 0. The van der Waals surface area contributed by atoms with E-state index in [9.17, 15) is 29.4 Å². The summed E-state index contributed by atoms with van der Waals surface area (Å²) < 4.78 is 29.1. The first kappa shape index (κ1) is 41.9. The van der Waals surface area contributed by atoms with E-state index in [0.717, 1.165) is 5.57 Å². The van der Waals surface area contributed by atoms with Gasteiger partial charge in [-0.3, -0.25) is 14.4 Å². The second-order valence-electron chi connectivity index (χ2n) is 14.7. The van der Waals surface area contributed by atoms with Crippen LogP contribution in [0.1, 0.15) is 92.9 Å². The zero-order chi connectivity index (χ0) is 37.3. The number of Topliss-reactive ketones (excluding diaryl/α,β-unsaturated/α-hetero) is 2. The standard InChI is InChI=1S/C38H61NO11/c1-10-27-18-22(2)17-23(3)19-31(47-8)34-32(48-9)20-25(5)38(45,50-34)35(42)36(43)39-15-12-11-13-28(39)37(44)49-33(24(4)14-16-46-7)26(6)29(40)21-30(27)41/h14,18,23,25-29,31-34,40,45H,10-13,15-17,19-21H2,1-9H3. The molecule has 2 saturated heterocycles. The third kappa shape index (κ3) is 9.89. The lowest BCUT2D eigenvalue weighted by Gasteiger charge is -2.47. The van der Waals surface area contributed by atoms with Gasteiger partial charge in [0.15, 0.2) is 0 Å². The van der Waals surface area contributed by atoms with Crippen molar-refractivity contribution in [3.05, 3.63) is 23.3 Å². The molecule has 2 fully saturated rings. The molecule has 1 amide bonds. The molecule has 2 bridgehead atoms. The van der Waals surface area contributed by atoms with E-state index < -0.39 is 77.8 Å². The van der Waals surface area contributed by atoms with Crippen LogP contribution in [0.3, 0.4) is 0 Å². The van der Waals surface area contributed by atoms with E-state index in [2.05, 4.69) is 0 Å². The molecule has 11 atom stereocenters. The van der Waals surface area contributed by atoms with Gasteiger partial charge in [0.05, 0.1) is 24.9 Å². The number of ether oxygens (including phenoxy) is 5. The van der Waals surface area contributed by atoms with Gasteiger partial charge in [-0.1, -0.05) is 45.4 Å². The molecule has 0 radical (unpaired) electrons. The first-order valence-electron chi connectivity index (χ1n) is 18.2. The summed E-state index contributed by atoms with van der Waals surface area (Å²) in [4.78, 5) is 56.7. The molecule has 0 saturated carbocycles. The Morgan fingerprint density at radius 1 is 1.04 bits per heavy atom. The molecule has 0 aromatic carbocycles. The Labute approximate surface area is 297 Å². The number of hydrogen-bond donors (Lipinski definition) is 2. The van der Waals surface area contributed by atoms with Crippen LogP contribution >= 0.6 is 0 Å². The normalized spacial score (nSPS) is 37.8. The van der Waals surface area contributed by atoms with Crippen LogP contribution in [0.2, 0.25) is 0 Å². The summed E-state index contributed by atoms with van der Waals surface area (Å²) in [6, 6.07) is -1.10. The maximum absolute atomic E-state index is 14.0. The number of carbonyl (C=O) groups excluding carboxylic acids is 4. The molecule has 0 aromatic rings. The van der Waals surface area contributed by atoms with Crippen LogP contribution in [-0.4, -0.2) is 115 Å². The van der Waals surface area contributed by atoms with E-state index in [0.29, 0.717) is 37.7 Å². The van der Waals surface area contributed by atoms with Crippen LogP contribution < -0.4 is 0 Å². The van der Waals surface area contributed by atoms with Crippen molar-refractivity contribution in [2.75, 3.05) is 34.5 Å². The average Bonchev–Trinajstić information content (AvgIpc) is 3.10. The van der Waals surface area contributed by atoms with Crippen LogP contribution in [0, 0.1) is 23.7 Å². The molecule has 0 spiro atoms. The number of aliphatic hydroxyl groups is 2. The molecular weight excluding hydrogens is 646 g/mol. The molecular formula is C38H61NO11. The highest BCUT2D eigenvalue weighted by molar-refractivity contribution is 6.39. The van der Waals surface area contributed by atoms with Crippen LogP contribution in [0.4, 0.5) is 0 Å². The molecule has 0 aromatic heterocycles. The van der Waals surface area contributed by atoms with Crippen LogP contribution in [-0.2, 0) is 42.9 Å². The van der Waals surface area contributed by atoms with E-state index in [-0.39, 0.29) is 44.1 Å². The van der Waals surface area contributed by atoms with Gasteiger partial charge in [0, 0.05) is 52.0 Å². The molecule has 50 heavy (non-hydrogen) atoms. The Balaban J connectivity index is 2.11. The van der Waals surface area contributed by atoms with Gasteiger partial charge in [0.1, 0.15) is 24.0 Å². The Hall–Kier alpha value is -2.48. The number of aliphatic hydroxyl groups excluding tert-OH is 1. The number of allylic oxidation sites excluding steroid dienone is 2. The molecule has 3 aliphatic heterocycles. The van der Waals surface area contributed by atoms with Crippen molar-refractivity contribution in [3.8, 4) is 0 Å². The molecule has 12 heteroatoms. The lowest BCUT2D eigenvalue weighted by molar-refractivity contribution is -0.302. The molecule has 0 aliphatic carbocycles. The minimum atomic E-state index is -2.48. The van der Waals surface area contributed by atoms with Crippen molar-refractivity contribution in [1.29, 1.82) is 0 Å². The molecule has 12 nitrogen and oxygen atoms in total. The maximum atomic E-state index is 14.0. The van der Waals surface area contributed by atoms with Crippen molar-refractivity contribution < 1.29 is 53.1 Å². The van der Waals surface area contributed by atoms with Crippen molar-refractivity contribution in [1.82, 2.24) is 4.90 Å². The zero-order valence-electron chi connectivity index (χ0n) is 31.5. The fourth-order valence-electron chi connectivity index (χ4n) is 7.71. The van der Waals surface area contributed by atoms with E-state index in [1.807, 2.05) is 26.8 Å². The Bertz CT molecular complexity index is 1250. The van der Waals surface area contributed by atoms with Gasteiger partial charge < -0.3 is 38.8 Å². The van der Waals surface area contributed by atoms with E-state index in [1.165, 1.54) is 26.2 Å². The number of nitrogens with zero attached hydrogens (tertiary/aromatic N) is 1. The van der Waals surface area contributed by atoms with Gasteiger partial charge in [-0.05, 0) is 70.3 Å². The highest BCUT2D eigenvalue weighted by Gasteiger charge is 2.56. The van der Waals surface area contributed by atoms with Gasteiger partial charge in [0.2, 0.25) is 5.79 Å². The fraction of sp³-hybridized carbons (Fsp3) is 0.789. The first-order valence-corrected chi connectivity index (χ1v) is 18.2. The summed E-state index contributed by atoms with van der Waals surface area (Å²) in [5.41, 5.74) is 1.62. The van der Waals surface area contributed by atoms with Gasteiger partial charge in [-0.15, -0.1) is 0 Å². The SMILES string of the molecule is CCC1C=C(C)CC(C)CC(OC)C2OC(O)(C(=O)C(=O)N3CCCCC3C(=O)OC(C(C)=CCOC)C(C)C(O)CC1=O)C(C)CC2OC. The smallest absolute Gasteiger partial charge is 0.329 e. The minimum absolute atomic E-state index is 0.0503. The number of cyclic esters (lactones) is 1. The highest BCUT2D eigenvalue weighted by atomic mass is 16.7. The maximum Gasteiger partial charge on any atom is 0.329 e. The Morgan fingerprint density at radius 3 is 2.32 bits per heavy atom. The number of piperidine rings is 1. The Kier molecular flexibility index (Phi) is 15.8. The molecule has 3 rings (SSSR count). The van der Waals surface area contributed by atoms with Crippen LogP contribution in [0.15, 0.2) is 23.3 Å².